The van der Waals surface area contributed by atoms with Crippen LogP contribution in [0.1, 0.15) is 16.8 Å². The zero-order chi connectivity index (χ0) is 13.1. The van der Waals surface area contributed by atoms with Crippen LogP contribution in [-0.4, -0.2) is 37.6 Å². The Kier molecular flexibility index (Phi) is 5.57. The second-order valence-electron chi connectivity index (χ2n) is 4.49. The third-order valence-electron chi connectivity index (χ3n) is 3.30. The lowest BCUT2D eigenvalue weighted by molar-refractivity contribution is 0.0783. The van der Waals surface area contributed by atoms with Gasteiger partial charge < -0.3 is 15.4 Å². The van der Waals surface area contributed by atoms with E-state index >= 15 is 0 Å². The van der Waals surface area contributed by atoms with E-state index in [1.807, 2.05) is 0 Å². The Morgan fingerprint density at radius 2 is 2.32 bits per heavy atom. The Morgan fingerprint density at radius 3 is 2.89 bits per heavy atom. The third kappa shape index (κ3) is 3.36. The van der Waals surface area contributed by atoms with E-state index in [-0.39, 0.29) is 23.9 Å². The van der Waals surface area contributed by atoms with Gasteiger partial charge in [0.15, 0.2) is 0 Å². The van der Waals surface area contributed by atoms with Crippen LogP contribution < -0.4 is 10.5 Å². The number of amides is 1. The van der Waals surface area contributed by atoms with Gasteiger partial charge in [0.25, 0.3) is 5.91 Å². The van der Waals surface area contributed by atoms with Crippen LogP contribution in [0.25, 0.3) is 0 Å². The van der Waals surface area contributed by atoms with Crippen molar-refractivity contribution in [2.24, 2.45) is 11.7 Å². The molecule has 6 heteroatoms. The number of nitrogens with zero attached hydrogens (tertiary/aromatic N) is 1. The minimum atomic E-state index is -0.436. The van der Waals surface area contributed by atoms with Crippen LogP contribution in [0.3, 0.4) is 0 Å². The molecule has 19 heavy (non-hydrogen) atoms. The molecule has 1 aliphatic heterocycles. The average Bonchev–Trinajstić information content (AvgIpc) is 2.86. The molecule has 2 N–H and O–H groups in total. The molecule has 1 aromatic rings. The van der Waals surface area contributed by atoms with Gasteiger partial charge in [-0.3, -0.25) is 4.79 Å². The SMILES string of the molecule is COc1ccc(F)cc1C(=O)N1CCC(CN)C1.Cl. The molecule has 0 aromatic heterocycles. The van der Waals surface area contributed by atoms with Crippen LogP contribution in [0.15, 0.2) is 18.2 Å². The minimum Gasteiger partial charge on any atom is -0.496 e. The van der Waals surface area contributed by atoms with E-state index in [1.54, 1.807) is 4.90 Å². The normalized spacial score (nSPS) is 18.1. The molecule has 106 valence electrons. The van der Waals surface area contributed by atoms with Crippen molar-refractivity contribution < 1.29 is 13.9 Å². The number of carbonyl (C=O) groups is 1. The zero-order valence-electron chi connectivity index (χ0n) is 10.8. The first-order valence-electron chi connectivity index (χ1n) is 5.98. The fourth-order valence-electron chi connectivity index (χ4n) is 2.23. The van der Waals surface area contributed by atoms with Crippen molar-refractivity contribution in [1.82, 2.24) is 4.90 Å². The molecule has 0 spiro atoms. The van der Waals surface area contributed by atoms with Crippen molar-refractivity contribution in [3.63, 3.8) is 0 Å². The third-order valence-corrected chi connectivity index (χ3v) is 3.30. The Hall–Kier alpha value is -1.33. The second-order valence-corrected chi connectivity index (χ2v) is 4.49. The number of methoxy groups -OCH3 is 1. The summed E-state index contributed by atoms with van der Waals surface area (Å²) in [4.78, 5) is 14.0. The molecular weight excluding hydrogens is 271 g/mol. The number of hydrogen-bond donors (Lipinski definition) is 1. The summed E-state index contributed by atoms with van der Waals surface area (Å²) in [5.74, 6) is 0.113. The van der Waals surface area contributed by atoms with Crippen molar-refractivity contribution in [1.29, 1.82) is 0 Å². The van der Waals surface area contributed by atoms with Gasteiger partial charge in [-0.1, -0.05) is 0 Å². The summed E-state index contributed by atoms with van der Waals surface area (Å²) >= 11 is 0. The zero-order valence-corrected chi connectivity index (χ0v) is 11.6. The van der Waals surface area contributed by atoms with Gasteiger partial charge in [-0.05, 0) is 37.1 Å². The van der Waals surface area contributed by atoms with Crippen molar-refractivity contribution >= 4 is 18.3 Å². The van der Waals surface area contributed by atoms with E-state index < -0.39 is 5.82 Å². The van der Waals surface area contributed by atoms with Crippen LogP contribution in [0.4, 0.5) is 4.39 Å². The second kappa shape index (κ2) is 6.73. The number of hydrogen-bond acceptors (Lipinski definition) is 3. The molecular formula is C13H18ClFN2O2. The van der Waals surface area contributed by atoms with Crippen LogP contribution in [0.5, 0.6) is 5.75 Å². The quantitative estimate of drug-likeness (QED) is 0.921. The molecule has 2 rings (SSSR count). The molecule has 0 saturated carbocycles. The molecule has 4 nitrogen and oxygen atoms in total. The maximum atomic E-state index is 13.2. The van der Waals surface area contributed by atoms with E-state index in [0.717, 1.165) is 6.42 Å². The van der Waals surface area contributed by atoms with Gasteiger partial charge in [0.2, 0.25) is 0 Å². The first-order chi connectivity index (χ1) is 8.65. The van der Waals surface area contributed by atoms with Gasteiger partial charge in [0.05, 0.1) is 12.7 Å². The van der Waals surface area contributed by atoms with Gasteiger partial charge in [0, 0.05) is 13.1 Å². The summed E-state index contributed by atoms with van der Waals surface area (Å²) in [7, 11) is 1.47. The van der Waals surface area contributed by atoms with Crippen LogP contribution in [0, 0.1) is 11.7 Å². The summed E-state index contributed by atoms with van der Waals surface area (Å²) in [6, 6.07) is 3.97. The predicted octanol–water partition coefficient (Wildman–Crippen LogP) is 1.68. The molecule has 1 aliphatic rings. The van der Waals surface area contributed by atoms with Gasteiger partial charge >= 0.3 is 0 Å². The van der Waals surface area contributed by atoms with Gasteiger partial charge in [-0.25, -0.2) is 4.39 Å². The Bertz CT molecular complexity index is 456. The molecule has 1 aromatic carbocycles. The maximum Gasteiger partial charge on any atom is 0.257 e. The Labute approximate surface area is 118 Å². The summed E-state index contributed by atoms with van der Waals surface area (Å²) in [5.41, 5.74) is 5.87. The molecule has 1 amide bonds. The lowest BCUT2D eigenvalue weighted by Crippen LogP contribution is -2.30. The number of rotatable bonds is 3. The molecule has 1 atom stereocenters. The molecule has 0 bridgehead atoms. The summed E-state index contributed by atoms with van der Waals surface area (Å²) in [6.45, 7) is 1.87. The Morgan fingerprint density at radius 1 is 1.58 bits per heavy atom. The summed E-state index contributed by atoms with van der Waals surface area (Å²) in [6.07, 6.45) is 0.903. The highest BCUT2D eigenvalue weighted by Gasteiger charge is 2.27. The predicted molar refractivity (Wildman–Crippen MR) is 73.3 cm³/mol. The van der Waals surface area contributed by atoms with Crippen molar-refractivity contribution in [3.05, 3.63) is 29.6 Å². The fourth-order valence-corrected chi connectivity index (χ4v) is 2.23. The number of likely N-dealkylation sites (tertiary alicyclic amines) is 1. The van der Waals surface area contributed by atoms with Gasteiger partial charge in [-0.15, -0.1) is 12.4 Å². The van der Waals surface area contributed by atoms with Crippen molar-refractivity contribution in [2.45, 2.75) is 6.42 Å². The molecule has 0 radical (unpaired) electrons. The fraction of sp³-hybridized carbons (Fsp3) is 0.462. The number of halogens is 2. The highest BCUT2D eigenvalue weighted by Crippen LogP contribution is 2.24. The topological polar surface area (TPSA) is 55.6 Å². The highest BCUT2D eigenvalue weighted by molar-refractivity contribution is 5.97. The van der Waals surface area contributed by atoms with Gasteiger partial charge in [-0.2, -0.15) is 0 Å². The number of nitrogens with two attached hydrogens (primary N) is 1. The highest BCUT2D eigenvalue weighted by atomic mass is 35.5. The molecule has 1 fully saturated rings. The van der Waals surface area contributed by atoms with Crippen molar-refractivity contribution in [2.75, 3.05) is 26.7 Å². The van der Waals surface area contributed by atoms with E-state index in [9.17, 15) is 9.18 Å². The van der Waals surface area contributed by atoms with E-state index in [4.69, 9.17) is 10.5 Å². The minimum absolute atomic E-state index is 0. The average molecular weight is 289 g/mol. The maximum absolute atomic E-state index is 13.2. The lowest BCUT2D eigenvalue weighted by Gasteiger charge is -2.18. The number of carbonyl (C=O) groups excluding carboxylic acids is 1. The van der Waals surface area contributed by atoms with Crippen LogP contribution in [-0.2, 0) is 0 Å². The molecule has 1 unspecified atom stereocenters. The smallest absolute Gasteiger partial charge is 0.257 e. The van der Waals surface area contributed by atoms with Crippen LogP contribution >= 0.6 is 12.4 Å². The van der Waals surface area contributed by atoms with E-state index in [2.05, 4.69) is 0 Å². The van der Waals surface area contributed by atoms with Crippen LogP contribution in [0.2, 0.25) is 0 Å². The molecule has 1 heterocycles. The number of ether oxygens (including phenoxy) is 1. The first-order valence-corrected chi connectivity index (χ1v) is 5.98. The summed E-state index contributed by atoms with van der Waals surface area (Å²) < 4.78 is 18.3. The lowest BCUT2D eigenvalue weighted by atomic mass is 10.1. The molecule has 1 saturated heterocycles. The standard InChI is InChI=1S/C13H17FN2O2.ClH/c1-18-12-3-2-10(14)6-11(12)13(17)16-5-4-9(7-15)8-16;/h2-3,6,9H,4-5,7-8,15H2,1H3;1H. The summed E-state index contributed by atoms with van der Waals surface area (Å²) in [5, 5.41) is 0. The Balaban J connectivity index is 0.00000180. The monoisotopic (exact) mass is 288 g/mol. The molecule has 0 aliphatic carbocycles. The van der Waals surface area contributed by atoms with E-state index in [0.29, 0.717) is 31.3 Å². The van der Waals surface area contributed by atoms with Gasteiger partial charge in [0.1, 0.15) is 11.6 Å². The number of benzene rings is 1. The largest absolute Gasteiger partial charge is 0.496 e. The van der Waals surface area contributed by atoms with E-state index in [1.165, 1.54) is 25.3 Å². The first kappa shape index (κ1) is 15.7. The van der Waals surface area contributed by atoms with Crippen molar-refractivity contribution in [3.8, 4) is 5.75 Å².